The molecule has 1 aromatic carbocycles. The first-order valence-electron chi connectivity index (χ1n) is 6.85. The van der Waals surface area contributed by atoms with E-state index in [4.69, 9.17) is 4.74 Å². The number of rotatable bonds is 7. The molecule has 0 saturated carbocycles. The molecule has 0 amide bonds. The standard InChI is InChI=1S/C15H25NO3S/c1-6-9-16-14(10-20(5,17)18)13-8-7-11(2)12(3)15(13)19-4/h7-8,14,16H,6,9-10H2,1-5H3. The van der Waals surface area contributed by atoms with E-state index in [1.807, 2.05) is 26.0 Å². The van der Waals surface area contributed by atoms with Crippen molar-refractivity contribution in [2.75, 3.05) is 25.7 Å². The summed E-state index contributed by atoms with van der Waals surface area (Å²) in [4.78, 5) is 0. The molecule has 0 heterocycles. The lowest BCUT2D eigenvalue weighted by atomic mass is 10.00. The number of hydrogen-bond acceptors (Lipinski definition) is 4. The number of aryl methyl sites for hydroxylation is 1. The molecule has 0 aliphatic carbocycles. The van der Waals surface area contributed by atoms with Crippen LogP contribution in [0.4, 0.5) is 0 Å². The van der Waals surface area contributed by atoms with Gasteiger partial charge in [-0.1, -0.05) is 19.1 Å². The second kappa shape index (κ2) is 7.09. The highest BCUT2D eigenvalue weighted by Gasteiger charge is 2.21. The first-order valence-corrected chi connectivity index (χ1v) is 8.91. The van der Waals surface area contributed by atoms with Crippen molar-refractivity contribution in [2.24, 2.45) is 0 Å². The molecule has 0 bridgehead atoms. The van der Waals surface area contributed by atoms with Gasteiger partial charge in [0.15, 0.2) is 0 Å². The molecule has 114 valence electrons. The first-order chi connectivity index (χ1) is 9.30. The van der Waals surface area contributed by atoms with Crippen molar-refractivity contribution in [1.29, 1.82) is 0 Å². The van der Waals surface area contributed by atoms with Gasteiger partial charge in [0.1, 0.15) is 15.6 Å². The Morgan fingerprint density at radius 1 is 1.30 bits per heavy atom. The Morgan fingerprint density at radius 3 is 2.45 bits per heavy atom. The van der Waals surface area contributed by atoms with Gasteiger partial charge in [-0.25, -0.2) is 8.42 Å². The number of sulfone groups is 1. The SMILES string of the molecule is CCCNC(CS(C)(=O)=O)c1ccc(C)c(C)c1OC. The largest absolute Gasteiger partial charge is 0.496 e. The number of nitrogens with one attached hydrogen (secondary N) is 1. The number of methoxy groups -OCH3 is 1. The highest BCUT2D eigenvalue weighted by atomic mass is 32.2. The summed E-state index contributed by atoms with van der Waals surface area (Å²) in [6, 6.07) is 3.73. The van der Waals surface area contributed by atoms with E-state index in [9.17, 15) is 8.42 Å². The fourth-order valence-corrected chi connectivity index (χ4v) is 3.14. The molecule has 0 spiro atoms. The third-order valence-corrected chi connectivity index (χ3v) is 4.34. The lowest BCUT2D eigenvalue weighted by molar-refractivity contribution is 0.398. The lowest BCUT2D eigenvalue weighted by Crippen LogP contribution is -2.29. The van der Waals surface area contributed by atoms with Crippen LogP contribution in [0.2, 0.25) is 0 Å². The van der Waals surface area contributed by atoms with E-state index in [0.29, 0.717) is 0 Å². The summed E-state index contributed by atoms with van der Waals surface area (Å²) in [5.41, 5.74) is 3.11. The number of benzene rings is 1. The van der Waals surface area contributed by atoms with Crippen molar-refractivity contribution in [3.8, 4) is 5.75 Å². The van der Waals surface area contributed by atoms with Crippen LogP contribution in [-0.4, -0.2) is 34.1 Å². The highest BCUT2D eigenvalue weighted by molar-refractivity contribution is 7.90. The van der Waals surface area contributed by atoms with Crippen LogP contribution in [0.25, 0.3) is 0 Å². The fourth-order valence-electron chi connectivity index (χ4n) is 2.24. The molecule has 0 saturated heterocycles. The maximum Gasteiger partial charge on any atom is 0.149 e. The zero-order valence-corrected chi connectivity index (χ0v) is 13.8. The molecule has 4 nitrogen and oxygen atoms in total. The van der Waals surface area contributed by atoms with Crippen molar-refractivity contribution < 1.29 is 13.2 Å². The van der Waals surface area contributed by atoms with Gasteiger partial charge in [0.05, 0.1) is 12.9 Å². The number of ether oxygens (including phenoxy) is 1. The van der Waals surface area contributed by atoms with E-state index in [1.165, 1.54) is 6.26 Å². The Labute approximate surface area is 122 Å². The van der Waals surface area contributed by atoms with Crippen molar-refractivity contribution in [3.63, 3.8) is 0 Å². The van der Waals surface area contributed by atoms with Crippen molar-refractivity contribution in [1.82, 2.24) is 5.32 Å². The van der Waals surface area contributed by atoms with Crippen molar-refractivity contribution in [2.45, 2.75) is 33.2 Å². The van der Waals surface area contributed by atoms with Crippen molar-refractivity contribution >= 4 is 9.84 Å². The summed E-state index contributed by atoms with van der Waals surface area (Å²) in [5, 5.41) is 3.30. The Kier molecular flexibility index (Phi) is 6.02. The second-order valence-corrected chi connectivity index (χ2v) is 7.41. The van der Waals surface area contributed by atoms with Gasteiger partial charge in [-0.3, -0.25) is 0 Å². The van der Waals surface area contributed by atoms with Gasteiger partial charge in [-0.15, -0.1) is 0 Å². The minimum atomic E-state index is -3.07. The first kappa shape index (κ1) is 17.0. The molecule has 1 atom stereocenters. The summed E-state index contributed by atoms with van der Waals surface area (Å²) < 4.78 is 28.8. The minimum absolute atomic E-state index is 0.0753. The normalized spacial score (nSPS) is 13.2. The molecule has 0 aliphatic rings. The highest BCUT2D eigenvalue weighted by Crippen LogP contribution is 2.31. The summed E-state index contributed by atoms with van der Waals surface area (Å²) in [5.74, 6) is 0.855. The van der Waals surface area contributed by atoms with Gasteiger partial charge in [-0.05, 0) is 37.9 Å². The predicted octanol–water partition coefficient (Wildman–Crippen LogP) is 2.40. The smallest absolute Gasteiger partial charge is 0.149 e. The van der Waals surface area contributed by atoms with Gasteiger partial charge >= 0.3 is 0 Å². The zero-order chi connectivity index (χ0) is 15.3. The molecule has 0 fully saturated rings. The Hall–Kier alpha value is -1.07. The molecule has 0 aromatic heterocycles. The van der Waals surface area contributed by atoms with Crippen LogP contribution in [0, 0.1) is 13.8 Å². The topological polar surface area (TPSA) is 55.4 Å². The maximum atomic E-state index is 11.6. The average Bonchev–Trinajstić information content (AvgIpc) is 2.36. The molecule has 1 N–H and O–H groups in total. The second-order valence-electron chi connectivity index (χ2n) is 5.23. The molecule has 1 rings (SSSR count). The average molecular weight is 299 g/mol. The maximum absolute atomic E-state index is 11.6. The van der Waals surface area contributed by atoms with E-state index in [2.05, 4.69) is 12.2 Å². The molecule has 1 aromatic rings. The summed E-state index contributed by atoms with van der Waals surface area (Å²) in [6.45, 7) is 6.85. The van der Waals surface area contributed by atoms with Crippen LogP contribution in [0.3, 0.4) is 0 Å². The van der Waals surface area contributed by atoms with E-state index in [1.54, 1.807) is 7.11 Å². The van der Waals surface area contributed by atoms with Gasteiger partial charge in [0.2, 0.25) is 0 Å². The molecular weight excluding hydrogens is 274 g/mol. The molecule has 0 aliphatic heterocycles. The molecular formula is C15H25NO3S. The Bertz CT molecular complexity index is 552. The predicted molar refractivity (Wildman–Crippen MR) is 83.2 cm³/mol. The Morgan fingerprint density at radius 2 is 1.95 bits per heavy atom. The molecule has 1 unspecified atom stereocenters. The Balaban J connectivity index is 3.22. The third-order valence-electron chi connectivity index (χ3n) is 3.40. The van der Waals surface area contributed by atoms with E-state index >= 15 is 0 Å². The van der Waals surface area contributed by atoms with Gasteiger partial charge in [-0.2, -0.15) is 0 Å². The van der Waals surface area contributed by atoms with Crippen LogP contribution in [-0.2, 0) is 9.84 Å². The van der Waals surface area contributed by atoms with Gasteiger partial charge in [0.25, 0.3) is 0 Å². The fraction of sp³-hybridized carbons (Fsp3) is 0.600. The summed E-state index contributed by atoms with van der Waals surface area (Å²) >= 11 is 0. The molecule has 20 heavy (non-hydrogen) atoms. The van der Waals surface area contributed by atoms with E-state index < -0.39 is 9.84 Å². The van der Waals surface area contributed by atoms with Crippen LogP contribution in [0.15, 0.2) is 12.1 Å². The van der Waals surface area contributed by atoms with Gasteiger partial charge in [0, 0.05) is 17.9 Å². The van der Waals surface area contributed by atoms with Crippen LogP contribution in [0.5, 0.6) is 5.75 Å². The summed E-state index contributed by atoms with van der Waals surface area (Å²) in [6.07, 6.45) is 2.22. The van der Waals surface area contributed by atoms with Crippen LogP contribution in [0.1, 0.15) is 36.1 Å². The van der Waals surface area contributed by atoms with Gasteiger partial charge < -0.3 is 10.1 Å². The minimum Gasteiger partial charge on any atom is -0.496 e. The molecule has 5 heteroatoms. The third kappa shape index (κ3) is 4.49. The lowest BCUT2D eigenvalue weighted by Gasteiger charge is -2.22. The number of hydrogen-bond donors (Lipinski definition) is 1. The quantitative estimate of drug-likeness (QED) is 0.840. The molecule has 0 radical (unpaired) electrons. The van der Waals surface area contributed by atoms with Crippen molar-refractivity contribution in [3.05, 3.63) is 28.8 Å². The van der Waals surface area contributed by atoms with E-state index in [0.717, 1.165) is 35.4 Å². The summed E-state index contributed by atoms with van der Waals surface area (Å²) in [7, 11) is -1.44. The monoisotopic (exact) mass is 299 g/mol. The van der Waals surface area contributed by atoms with E-state index in [-0.39, 0.29) is 11.8 Å². The zero-order valence-electron chi connectivity index (χ0n) is 13.0. The van der Waals surface area contributed by atoms with Crippen LogP contribution >= 0.6 is 0 Å². The van der Waals surface area contributed by atoms with Crippen LogP contribution < -0.4 is 10.1 Å².